The van der Waals surface area contributed by atoms with Gasteiger partial charge in [0, 0.05) is 12.2 Å². The Labute approximate surface area is 101 Å². The van der Waals surface area contributed by atoms with Crippen LogP contribution in [0.25, 0.3) is 0 Å². The second-order valence-corrected chi connectivity index (χ2v) is 3.65. The van der Waals surface area contributed by atoms with E-state index in [1.807, 2.05) is 13.8 Å². The van der Waals surface area contributed by atoms with Crippen LogP contribution < -0.4 is 15.8 Å². The second-order valence-electron chi connectivity index (χ2n) is 3.65. The fourth-order valence-corrected chi connectivity index (χ4v) is 1.38. The highest BCUT2D eigenvalue weighted by Gasteiger charge is 2.13. The van der Waals surface area contributed by atoms with Crippen molar-refractivity contribution in [3.63, 3.8) is 0 Å². The van der Waals surface area contributed by atoms with Crippen LogP contribution in [-0.2, 0) is 4.79 Å². The van der Waals surface area contributed by atoms with Crippen LogP contribution in [0, 0.1) is 6.92 Å². The van der Waals surface area contributed by atoms with Crippen molar-refractivity contribution in [2.75, 3.05) is 18.5 Å². The van der Waals surface area contributed by atoms with Gasteiger partial charge in [-0.05, 0) is 37.6 Å². The van der Waals surface area contributed by atoms with E-state index in [-0.39, 0.29) is 6.54 Å². The lowest BCUT2D eigenvalue weighted by atomic mass is 10.2. The summed E-state index contributed by atoms with van der Waals surface area (Å²) in [6.45, 7) is 4.30. The maximum Gasteiger partial charge on any atom is 0.254 e. The number of benzene rings is 1. The van der Waals surface area contributed by atoms with Crippen LogP contribution in [0.3, 0.4) is 0 Å². The van der Waals surface area contributed by atoms with Crippen molar-refractivity contribution in [2.45, 2.75) is 20.0 Å². The van der Waals surface area contributed by atoms with E-state index in [0.29, 0.717) is 12.3 Å². The Balaban J connectivity index is 2.73. The van der Waals surface area contributed by atoms with Gasteiger partial charge in [-0.3, -0.25) is 4.79 Å². The third kappa shape index (κ3) is 3.72. The highest BCUT2D eigenvalue weighted by molar-refractivity contribution is 5.94. The summed E-state index contributed by atoms with van der Waals surface area (Å²) in [5, 5.41) is 11.8. The zero-order valence-corrected chi connectivity index (χ0v) is 10.1. The standard InChI is InChI=1S/C12H18N2O3/c1-3-17-11-5-4-9(6-8(11)2)14-12(16)10(15)7-13/h4-6,10,15H,3,7,13H2,1-2H3,(H,14,16). The molecule has 0 spiro atoms. The number of aryl methyl sites for hydroxylation is 1. The van der Waals surface area contributed by atoms with Crippen LogP contribution in [0.4, 0.5) is 5.69 Å². The molecule has 0 aliphatic rings. The van der Waals surface area contributed by atoms with E-state index in [1.165, 1.54) is 0 Å². The summed E-state index contributed by atoms with van der Waals surface area (Å²) >= 11 is 0. The van der Waals surface area contributed by atoms with Gasteiger partial charge in [0.2, 0.25) is 0 Å². The van der Waals surface area contributed by atoms with Gasteiger partial charge in [-0.1, -0.05) is 0 Å². The number of hydrogen-bond acceptors (Lipinski definition) is 4. The highest BCUT2D eigenvalue weighted by atomic mass is 16.5. The van der Waals surface area contributed by atoms with Gasteiger partial charge in [-0.2, -0.15) is 0 Å². The summed E-state index contributed by atoms with van der Waals surface area (Å²) in [4.78, 5) is 11.4. The molecule has 1 rings (SSSR count). The first kappa shape index (κ1) is 13.5. The van der Waals surface area contributed by atoms with Crippen molar-refractivity contribution < 1.29 is 14.6 Å². The molecule has 94 valence electrons. The van der Waals surface area contributed by atoms with Gasteiger partial charge in [0.15, 0.2) is 0 Å². The molecule has 17 heavy (non-hydrogen) atoms. The average molecular weight is 238 g/mol. The normalized spacial score (nSPS) is 12.0. The summed E-state index contributed by atoms with van der Waals surface area (Å²) in [5.41, 5.74) is 6.73. The number of nitrogens with one attached hydrogen (secondary N) is 1. The Kier molecular flexibility index (Phi) is 4.93. The van der Waals surface area contributed by atoms with E-state index in [9.17, 15) is 9.90 Å². The largest absolute Gasteiger partial charge is 0.494 e. The third-order valence-electron chi connectivity index (χ3n) is 2.27. The molecule has 1 unspecified atom stereocenters. The number of aliphatic hydroxyl groups excluding tert-OH is 1. The third-order valence-corrected chi connectivity index (χ3v) is 2.27. The minimum atomic E-state index is -1.18. The fraction of sp³-hybridized carbons (Fsp3) is 0.417. The molecule has 1 atom stereocenters. The quantitative estimate of drug-likeness (QED) is 0.703. The van der Waals surface area contributed by atoms with Gasteiger partial charge in [0.05, 0.1) is 6.61 Å². The highest BCUT2D eigenvalue weighted by Crippen LogP contribution is 2.21. The van der Waals surface area contributed by atoms with Crippen molar-refractivity contribution in [3.05, 3.63) is 23.8 Å². The number of carbonyl (C=O) groups excluding carboxylic acids is 1. The van der Waals surface area contributed by atoms with Gasteiger partial charge in [0.25, 0.3) is 5.91 Å². The van der Waals surface area contributed by atoms with Gasteiger partial charge < -0.3 is 20.9 Å². The van der Waals surface area contributed by atoms with Crippen LogP contribution in [-0.4, -0.2) is 30.3 Å². The molecule has 1 aromatic carbocycles. The van der Waals surface area contributed by atoms with Gasteiger partial charge in [-0.25, -0.2) is 0 Å². The molecule has 0 heterocycles. The van der Waals surface area contributed by atoms with Gasteiger partial charge in [-0.15, -0.1) is 0 Å². The minimum Gasteiger partial charge on any atom is -0.494 e. The lowest BCUT2D eigenvalue weighted by molar-refractivity contribution is -0.123. The molecule has 0 saturated carbocycles. The molecule has 0 bridgehead atoms. The maximum atomic E-state index is 11.4. The van der Waals surface area contributed by atoms with Crippen molar-refractivity contribution in [1.82, 2.24) is 0 Å². The summed E-state index contributed by atoms with van der Waals surface area (Å²) < 4.78 is 5.38. The number of rotatable bonds is 5. The summed E-state index contributed by atoms with van der Waals surface area (Å²) in [7, 11) is 0. The summed E-state index contributed by atoms with van der Waals surface area (Å²) in [6.07, 6.45) is -1.18. The van der Waals surface area contributed by atoms with Crippen molar-refractivity contribution in [3.8, 4) is 5.75 Å². The first-order valence-corrected chi connectivity index (χ1v) is 5.51. The maximum absolute atomic E-state index is 11.4. The summed E-state index contributed by atoms with van der Waals surface area (Å²) in [5.74, 6) is 0.279. The molecule has 5 nitrogen and oxygen atoms in total. The van der Waals surface area contributed by atoms with Gasteiger partial charge >= 0.3 is 0 Å². The predicted octanol–water partition coefficient (Wildman–Crippen LogP) is 0.652. The van der Waals surface area contributed by atoms with E-state index in [0.717, 1.165) is 11.3 Å². The van der Waals surface area contributed by atoms with Gasteiger partial charge in [0.1, 0.15) is 11.9 Å². The predicted molar refractivity (Wildman–Crippen MR) is 66.0 cm³/mol. The molecular weight excluding hydrogens is 220 g/mol. The molecular formula is C12H18N2O3. The zero-order valence-electron chi connectivity index (χ0n) is 10.1. The number of anilines is 1. The Morgan fingerprint density at radius 3 is 2.82 bits per heavy atom. The van der Waals surface area contributed by atoms with Crippen LogP contribution in [0.5, 0.6) is 5.75 Å². The lowest BCUT2D eigenvalue weighted by Crippen LogP contribution is -2.34. The molecule has 0 radical (unpaired) electrons. The summed E-state index contributed by atoms with van der Waals surface area (Å²) in [6, 6.07) is 5.29. The van der Waals surface area contributed by atoms with Crippen molar-refractivity contribution in [1.29, 1.82) is 0 Å². The zero-order chi connectivity index (χ0) is 12.8. The molecule has 0 fully saturated rings. The first-order valence-electron chi connectivity index (χ1n) is 5.51. The monoisotopic (exact) mass is 238 g/mol. The molecule has 0 aliphatic heterocycles. The Hall–Kier alpha value is -1.59. The number of aliphatic hydroxyl groups is 1. The molecule has 5 heteroatoms. The first-order chi connectivity index (χ1) is 8.08. The number of amides is 1. The van der Waals surface area contributed by atoms with Crippen LogP contribution >= 0.6 is 0 Å². The second kappa shape index (κ2) is 6.22. The van der Waals surface area contributed by atoms with E-state index in [1.54, 1.807) is 18.2 Å². The Bertz CT molecular complexity index is 393. The van der Waals surface area contributed by atoms with Crippen molar-refractivity contribution in [2.24, 2.45) is 5.73 Å². The van der Waals surface area contributed by atoms with E-state index in [2.05, 4.69) is 5.32 Å². The number of hydrogen-bond donors (Lipinski definition) is 3. The molecule has 1 aromatic rings. The van der Waals surface area contributed by atoms with Crippen LogP contribution in [0.1, 0.15) is 12.5 Å². The Morgan fingerprint density at radius 2 is 2.29 bits per heavy atom. The van der Waals surface area contributed by atoms with E-state index >= 15 is 0 Å². The van der Waals surface area contributed by atoms with Crippen molar-refractivity contribution >= 4 is 11.6 Å². The smallest absolute Gasteiger partial charge is 0.254 e. The average Bonchev–Trinajstić information content (AvgIpc) is 2.31. The fourth-order valence-electron chi connectivity index (χ4n) is 1.38. The molecule has 0 aromatic heterocycles. The lowest BCUT2D eigenvalue weighted by Gasteiger charge is -2.12. The number of nitrogens with two attached hydrogens (primary N) is 1. The van der Waals surface area contributed by atoms with Crippen LogP contribution in [0.2, 0.25) is 0 Å². The SMILES string of the molecule is CCOc1ccc(NC(=O)C(O)CN)cc1C. The topological polar surface area (TPSA) is 84.6 Å². The van der Waals surface area contributed by atoms with Crippen LogP contribution in [0.15, 0.2) is 18.2 Å². The number of ether oxygens (including phenoxy) is 1. The van der Waals surface area contributed by atoms with E-state index < -0.39 is 12.0 Å². The number of carbonyl (C=O) groups is 1. The molecule has 0 saturated heterocycles. The Morgan fingerprint density at radius 1 is 1.59 bits per heavy atom. The molecule has 0 aliphatic carbocycles. The molecule has 1 amide bonds. The molecule has 4 N–H and O–H groups in total. The minimum absolute atomic E-state index is 0.0954. The van der Waals surface area contributed by atoms with E-state index in [4.69, 9.17) is 10.5 Å².